The number of hydrazone groups is 1. The molecule has 0 unspecified atom stereocenters. The van der Waals surface area contributed by atoms with Crippen molar-refractivity contribution in [1.82, 2.24) is 5.43 Å². The van der Waals surface area contributed by atoms with Crippen molar-refractivity contribution in [2.75, 3.05) is 5.32 Å². The summed E-state index contributed by atoms with van der Waals surface area (Å²) in [5, 5.41) is 7.91. The van der Waals surface area contributed by atoms with Crippen LogP contribution in [-0.2, 0) is 0 Å². The number of rotatable bonds is 3. The first-order valence-electron chi connectivity index (χ1n) is 7.62. The van der Waals surface area contributed by atoms with Gasteiger partial charge in [-0.05, 0) is 69.6 Å². The Morgan fingerprint density at radius 3 is 2.13 bits per heavy atom. The number of nitrogens with zero attached hydrogens (tertiary/aromatic N) is 1. The van der Waals surface area contributed by atoms with Gasteiger partial charge < -0.3 is 5.32 Å². The van der Waals surface area contributed by atoms with Crippen molar-refractivity contribution < 1.29 is 0 Å². The lowest BCUT2D eigenvalue weighted by Crippen LogP contribution is -2.24. The van der Waals surface area contributed by atoms with Gasteiger partial charge in [0.25, 0.3) is 0 Å². The Balaban J connectivity index is 2.02. The van der Waals surface area contributed by atoms with Crippen LogP contribution in [0.4, 0.5) is 5.69 Å². The zero-order chi connectivity index (χ0) is 17.0. The molecule has 0 aliphatic heterocycles. The van der Waals surface area contributed by atoms with E-state index in [4.69, 9.17) is 12.2 Å². The first-order chi connectivity index (χ1) is 10.9. The lowest BCUT2D eigenvalue weighted by Gasteiger charge is -2.11. The van der Waals surface area contributed by atoms with Gasteiger partial charge in [-0.2, -0.15) is 5.10 Å². The fourth-order valence-electron chi connectivity index (χ4n) is 2.65. The van der Waals surface area contributed by atoms with E-state index in [0.717, 1.165) is 16.8 Å². The maximum atomic E-state index is 5.29. The molecule has 2 aromatic carbocycles. The number of hydrogen-bond donors (Lipinski definition) is 2. The van der Waals surface area contributed by atoms with E-state index in [1.165, 1.54) is 22.3 Å². The van der Waals surface area contributed by atoms with Crippen molar-refractivity contribution in [3.8, 4) is 0 Å². The van der Waals surface area contributed by atoms with Crippen LogP contribution in [0.5, 0.6) is 0 Å². The number of nitrogens with one attached hydrogen (secondary N) is 2. The Labute approximate surface area is 143 Å². The zero-order valence-corrected chi connectivity index (χ0v) is 15.1. The average molecular weight is 325 g/mol. The molecule has 0 fully saturated rings. The Morgan fingerprint density at radius 2 is 1.52 bits per heavy atom. The van der Waals surface area contributed by atoms with E-state index in [1.54, 1.807) is 0 Å². The third-order valence-electron chi connectivity index (χ3n) is 3.73. The molecular weight excluding hydrogens is 302 g/mol. The fourth-order valence-corrected chi connectivity index (χ4v) is 2.82. The van der Waals surface area contributed by atoms with Crippen molar-refractivity contribution in [1.29, 1.82) is 0 Å². The second-order valence-electron chi connectivity index (χ2n) is 5.95. The van der Waals surface area contributed by atoms with Crippen LogP contribution in [0.1, 0.15) is 33.4 Å². The molecule has 0 aromatic heterocycles. The van der Waals surface area contributed by atoms with Gasteiger partial charge in [0.2, 0.25) is 0 Å². The molecule has 2 N–H and O–H groups in total. The van der Waals surface area contributed by atoms with E-state index in [2.05, 4.69) is 74.7 Å². The van der Waals surface area contributed by atoms with E-state index in [-0.39, 0.29) is 0 Å². The first-order valence-corrected chi connectivity index (χ1v) is 8.03. The minimum atomic E-state index is 0.482. The van der Waals surface area contributed by atoms with Crippen LogP contribution in [0.3, 0.4) is 0 Å². The highest BCUT2D eigenvalue weighted by molar-refractivity contribution is 7.80. The minimum Gasteiger partial charge on any atom is -0.331 e. The number of anilines is 1. The molecular formula is C19H23N3S. The molecule has 2 aromatic rings. The summed E-state index contributed by atoms with van der Waals surface area (Å²) in [6.45, 7) is 10.4. The van der Waals surface area contributed by atoms with Gasteiger partial charge in [-0.1, -0.05) is 35.4 Å². The molecule has 0 aliphatic carbocycles. The van der Waals surface area contributed by atoms with Crippen LogP contribution < -0.4 is 10.7 Å². The van der Waals surface area contributed by atoms with Crippen molar-refractivity contribution in [2.45, 2.75) is 34.6 Å². The molecule has 3 nitrogen and oxygen atoms in total. The summed E-state index contributed by atoms with van der Waals surface area (Å²) < 4.78 is 0. The molecule has 0 atom stereocenters. The van der Waals surface area contributed by atoms with Gasteiger partial charge in [0.15, 0.2) is 5.11 Å². The highest BCUT2D eigenvalue weighted by Crippen LogP contribution is 2.16. The van der Waals surface area contributed by atoms with E-state index < -0.39 is 0 Å². The fraction of sp³-hybridized carbons (Fsp3) is 0.263. The smallest absolute Gasteiger partial charge is 0.191 e. The van der Waals surface area contributed by atoms with Gasteiger partial charge in [0, 0.05) is 11.3 Å². The standard InChI is InChI=1S/C19H23N3S/c1-12-6-7-18(16(5)8-12)21-19(23)22-20-11-17-14(3)9-13(2)10-15(17)4/h6-11H,1-5H3,(H2,21,22,23). The number of benzene rings is 2. The summed E-state index contributed by atoms with van der Waals surface area (Å²) in [7, 11) is 0. The number of thiocarbonyl (C=S) groups is 1. The summed E-state index contributed by atoms with van der Waals surface area (Å²) in [5.41, 5.74) is 11.1. The third-order valence-corrected chi connectivity index (χ3v) is 3.92. The predicted molar refractivity (Wildman–Crippen MR) is 104 cm³/mol. The second kappa shape index (κ2) is 7.38. The van der Waals surface area contributed by atoms with Gasteiger partial charge in [-0.25, -0.2) is 0 Å². The van der Waals surface area contributed by atoms with Crippen LogP contribution >= 0.6 is 12.2 Å². The molecule has 0 bridgehead atoms. The highest BCUT2D eigenvalue weighted by Gasteiger charge is 2.02. The molecule has 0 heterocycles. The molecule has 120 valence electrons. The van der Waals surface area contributed by atoms with Gasteiger partial charge in [0.05, 0.1) is 6.21 Å². The lowest BCUT2D eigenvalue weighted by atomic mass is 10.0. The maximum absolute atomic E-state index is 5.29. The molecule has 0 radical (unpaired) electrons. The van der Waals surface area contributed by atoms with E-state index in [0.29, 0.717) is 5.11 Å². The first kappa shape index (κ1) is 17.2. The van der Waals surface area contributed by atoms with Gasteiger partial charge >= 0.3 is 0 Å². The lowest BCUT2D eigenvalue weighted by molar-refractivity contribution is 1.05. The summed E-state index contributed by atoms with van der Waals surface area (Å²) >= 11 is 5.29. The number of hydrogen-bond acceptors (Lipinski definition) is 2. The monoisotopic (exact) mass is 325 g/mol. The Bertz CT molecular complexity index is 740. The maximum Gasteiger partial charge on any atom is 0.191 e. The quantitative estimate of drug-likeness (QED) is 0.494. The molecule has 4 heteroatoms. The number of aryl methyl sites for hydroxylation is 5. The molecule has 0 amide bonds. The normalized spacial score (nSPS) is 10.8. The predicted octanol–water partition coefficient (Wildman–Crippen LogP) is 4.55. The summed E-state index contributed by atoms with van der Waals surface area (Å²) in [6, 6.07) is 10.5. The van der Waals surface area contributed by atoms with Crippen molar-refractivity contribution in [3.05, 3.63) is 63.7 Å². The summed E-state index contributed by atoms with van der Waals surface area (Å²) in [6.07, 6.45) is 1.82. The summed E-state index contributed by atoms with van der Waals surface area (Å²) in [4.78, 5) is 0. The van der Waals surface area contributed by atoms with Crippen LogP contribution in [-0.4, -0.2) is 11.3 Å². The largest absolute Gasteiger partial charge is 0.331 e. The minimum absolute atomic E-state index is 0.482. The van der Waals surface area contributed by atoms with Gasteiger partial charge in [-0.3, -0.25) is 5.43 Å². The molecule has 0 aliphatic rings. The molecule has 23 heavy (non-hydrogen) atoms. The van der Waals surface area contributed by atoms with Crippen LogP contribution in [0.2, 0.25) is 0 Å². The second-order valence-corrected chi connectivity index (χ2v) is 6.36. The average Bonchev–Trinajstić information content (AvgIpc) is 2.44. The molecule has 2 rings (SSSR count). The van der Waals surface area contributed by atoms with Crippen LogP contribution in [0.25, 0.3) is 0 Å². The summed E-state index contributed by atoms with van der Waals surface area (Å²) in [5.74, 6) is 0. The Morgan fingerprint density at radius 1 is 0.913 bits per heavy atom. The van der Waals surface area contributed by atoms with Crippen molar-refractivity contribution in [3.63, 3.8) is 0 Å². The third kappa shape index (κ3) is 4.63. The van der Waals surface area contributed by atoms with Crippen LogP contribution in [0.15, 0.2) is 35.4 Å². The Hall–Kier alpha value is -2.20. The SMILES string of the molecule is Cc1ccc(NC(=S)NN=Cc2c(C)cc(C)cc2C)c(C)c1. The topological polar surface area (TPSA) is 36.4 Å². The van der Waals surface area contributed by atoms with Crippen molar-refractivity contribution in [2.24, 2.45) is 5.10 Å². The van der Waals surface area contributed by atoms with Crippen molar-refractivity contribution >= 4 is 29.2 Å². The Kier molecular flexibility index (Phi) is 5.50. The van der Waals surface area contributed by atoms with E-state index >= 15 is 0 Å². The molecule has 0 saturated carbocycles. The molecule has 0 saturated heterocycles. The van der Waals surface area contributed by atoms with E-state index in [9.17, 15) is 0 Å². The van der Waals surface area contributed by atoms with Crippen LogP contribution in [0, 0.1) is 34.6 Å². The van der Waals surface area contributed by atoms with Gasteiger partial charge in [-0.15, -0.1) is 0 Å². The zero-order valence-electron chi connectivity index (χ0n) is 14.3. The molecule has 0 spiro atoms. The van der Waals surface area contributed by atoms with Gasteiger partial charge in [0.1, 0.15) is 0 Å². The highest BCUT2D eigenvalue weighted by atomic mass is 32.1. The van der Waals surface area contributed by atoms with E-state index in [1.807, 2.05) is 12.3 Å².